The number of rotatable bonds is 5. The van der Waals surface area contributed by atoms with Crippen LogP contribution in [0.25, 0.3) is 4.96 Å². The Kier molecular flexibility index (Phi) is 5.23. The van der Waals surface area contributed by atoms with Crippen LogP contribution in [0.4, 0.5) is 10.1 Å². The molecule has 4 rings (SSSR count). The molecule has 0 aliphatic heterocycles. The smallest absolute Gasteiger partial charge is 0.258 e. The summed E-state index contributed by atoms with van der Waals surface area (Å²) in [5, 5.41) is 4.63. The van der Waals surface area contributed by atoms with Gasteiger partial charge in [0.25, 0.3) is 11.5 Å². The van der Waals surface area contributed by atoms with Crippen LogP contribution in [0, 0.1) is 5.82 Å². The molecule has 4 aromatic rings. The molecule has 0 bridgehead atoms. The monoisotopic (exact) mass is 411 g/mol. The highest BCUT2D eigenvalue weighted by molar-refractivity contribution is 7.98. The molecule has 0 saturated heterocycles. The summed E-state index contributed by atoms with van der Waals surface area (Å²) in [6.45, 7) is 0. The van der Waals surface area contributed by atoms with E-state index in [0.717, 1.165) is 4.90 Å². The van der Waals surface area contributed by atoms with Gasteiger partial charge in [-0.25, -0.2) is 9.37 Å². The number of hydrogen-bond donors (Lipinski definition) is 1. The van der Waals surface area contributed by atoms with E-state index in [9.17, 15) is 14.0 Å². The number of carbonyl (C=O) groups is 1. The topological polar surface area (TPSA) is 63.5 Å². The average molecular weight is 411 g/mol. The van der Waals surface area contributed by atoms with Crippen LogP contribution in [0.2, 0.25) is 0 Å². The Morgan fingerprint density at radius 1 is 1.18 bits per heavy atom. The Labute approximate surface area is 167 Å². The number of nitrogens with one attached hydrogen (secondary N) is 1. The van der Waals surface area contributed by atoms with Gasteiger partial charge in [-0.1, -0.05) is 18.2 Å². The fraction of sp³-hybridized carbons (Fsp3) is 0.0500. The third-order valence-corrected chi connectivity index (χ3v) is 5.82. The van der Waals surface area contributed by atoms with E-state index >= 15 is 0 Å². The lowest BCUT2D eigenvalue weighted by atomic mass is 10.2. The van der Waals surface area contributed by atoms with Gasteiger partial charge in [0, 0.05) is 33.9 Å². The Balaban J connectivity index is 1.52. The minimum absolute atomic E-state index is 0.116. The third kappa shape index (κ3) is 3.97. The summed E-state index contributed by atoms with van der Waals surface area (Å²) in [4.78, 5) is 30.5. The van der Waals surface area contributed by atoms with Crippen molar-refractivity contribution in [1.82, 2.24) is 9.38 Å². The van der Waals surface area contributed by atoms with Crippen LogP contribution < -0.4 is 10.9 Å². The SMILES string of the molecule is O=C(Nc1ccccc1SCc1cc(=O)n2ccsc2n1)c1cccc(F)c1. The van der Waals surface area contributed by atoms with Crippen LogP contribution in [-0.2, 0) is 5.75 Å². The van der Waals surface area contributed by atoms with Crippen molar-refractivity contribution in [3.63, 3.8) is 0 Å². The minimum Gasteiger partial charge on any atom is -0.321 e. The van der Waals surface area contributed by atoms with Crippen LogP contribution in [0.15, 0.2) is 75.9 Å². The molecule has 2 heterocycles. The first-order chi connectivity index (χ1) is 13.6. The minimum atomic E-state index is -0.461. The van der Waals surface area contributed by atoms with Gasteiger partial charge in [-0.3, -0.25) is 14.0 Å². The number of benzene rings is 2. The van der Waals surface area contributed by atoms with Crippen LogP contribution >= 0.6 is 23.1 Å². The number of aromatic nitrogens is 2. The number of para-hydroxylation sites is 1. The van der Waals surface area contributed by atoms with Crippen LogP contribution in [0.1, 0.15) is 16.1 Å². The molecule has 2 aromatic heterocycles. The number of amides is 1. The van der Waals surface area contributed by atoms with E-state index in [2.05, 4.69) is 10.3 Å². The van der Waals surface area contributed by atoms with Gasteiger partial charge in [0.2, 0.25) is 0 Å². The van der Waals surface area contributed by atoms with Crippen molar-refractivity contribution >= 4 is 39.7 Å². The van der Waals surface area contributed by atoms with Gasteiger partial charge in [0.05, 0.1) is 11.4 Å². The Morgan fingerprint density at radius 2 is 2.04 bits per heavy atom. The maximum atomic E-state index is 13.4. The first-order valence-corrected chi connectivity index (χ1v) is 10.2. The first kappa shape index (κ1) is 18.4. The second-order valence-electron chi connectivity index (χ2n) is 5.89. The Hall–Kier alpha value is -2.97. The van der Waals surface area contributed by atoms with Crippen molar-refractivity contribution in [3.8, 4) is 0 Å². The summed E-state index contributed by atoms with van der Waals surface area (Å²) in [6.07, 6.45) is 1.70. The molecule has 2 aromatic carbocycles. The highest BCUT2D eigenvalue weighted by Crippen LogP contribution is 2.29. The lowest BCUT2D eigenvalue weighted by Gasteiger charge is -2.11. The van der Waals surface area contributed by atoms with Gasteiger partial charge in [-0.2, -0.15) is 0 Å². The second-order valence-corrected chi connectivity index (χ2v) is 7.78. The van der Waals surface area contributed by atoms with Gasteiger partial charge in [0.15, 0.2) is 4.96 Å². The molecule has 1 amide bonds. The lowest BCUT2D eigenvalue weighted by Crippen LogP contribution is -2.13. The molecule has 0 atom stereocenters. The molecule has 0 aliphatic carbocycles. The molecular formula is C20H14FN3O2S2. The average Bonchev–Trinajstić information content (AvgIpc) is 3.16. The predicted octanol–water partition coefficient (Wildman–Crippen LogP) is 4.44. The van der Waals surface area contributed by atoms with E-state index in [0.29, 0.717) is 22.1 Å². The van der Waals surface area contributed by atoms with Crippen molar-refractivity contribution in [3.05, 3.63) is 93.6 Å². The number of nitrogens with zero attached hydrogens (tertiary/aromatic N) is 2. The molecule has 0 fully saturated rings. The summed E-state index contributed by atoms with van der Waals surface area (Å²) >= 11 is 2.87. The molecule has 0 saturated carbocycles. The Morgan fingerprint density at radius 3 is 2.89 bits per heavy atom. The molecule has 1 N–H and O–H groups in total. The molecule has 0 unspecified atom stereocenters. The van der Waals surface area contributed by atoms with Crippen molar-refractivity contribution in [2.45, 2.75) is 10.6 Å². The van der Waals surface area contributed by atoms with Gasteiger partial charge in [-0.15, -0.1) is 23.1 Å². The summed E-state index contributed by atoms with van der Waals surface area (Å²) in [5.74, 6) is -0.364. The van der Waals surface area contributed by atoms with E-state index in [1.807, 2.05) is 23.6 Å². The molecular weight excluding hydrogens is 397 g/mol. The zero-order valence-corrected chi connectivity index (χ0v) is 16.1. The van der Waals surface area contributed by atoms with Gasteiger partial charge in [0.1, 0.15) is 5.82 Å². The molecule has 0 spiro atoms. The molecule has 5 nitrogen and oxygen atoms in total. The molecule has 28 heavy (non-hydrogen) atoms. The number of thiazole rings is 1. The number of carbonyl (C=O) groups excluding carboxylic acids is 1. The first-order valence-electron chi connectivity index (χ1n) is 8.35. The fourth-order valence-electron chi connectivity index (χ4n) is 2.63. The fourth-order valence-corrected chi connectivity index (χ4v) is 4.27. The van der Waals surface area contributed by atoms with E-state index in [1.165, 1.54) is 51.8 Å². The maximum absolute atomic E-state index is 13.4. The van der Waals surface area contributed by atoms with Crippen LogP contribution in [0.5, 0.6) is 0 Å². The quantitative estimate of drug-likeness (QED) is 0.493. The van der Waals surface area contributed by atoms with Gasteiger partial charge >= 0.3 is 0 Å². The van der Waals surface area contributed by atoms with Crippen molar-refractivity contribution in [2.24, 2.45) is 0 Å². The Bertz CT molecular complexity index is 1220. The van der Waals surface area contributed by atoms with Crippen LogP contribution in [0.3, 0.4) is 0 Å². The largest absolute Gasteiger partial charge is 0.321 e. The van der Waals surface area contributed by atoms with Crippen molar-refractivity contribution in [1.29, 1.82) is 0 Å². The zero-order chi connectivity index (χ0) is 19.5. The summed E-state index contributed by atoms with van der Waals surface area (Å²) in [7, 11) is 0. The molecule has 8 heteroatoms. The molecule has 0 radical (unpaired) electrons. The van der Waals surface area contributed by atoms with Gasteiger partial charge < -0.3 is 5.32 Å². The number of halogens is 1. The van der Waals surface area contributed by atoms with Crippen molar-refractivity contribution in [2.75, 3.05) is 5.32 Å². The number of fused-ring (bicyclic) bond motifs is 1. The molecule has 0 aliphatic rings. The lowest BCUT2D eigenvalue weighted by molar-refractivity contribution is 0.102. The predicted molar refractivity (Wildman–Crippen MR) is 110 cm³/mol. The summed E-state index contributed by atoms with van der Waals surface area (Å²) < 4.78 is 14.9. The second kappa shape index (κ2) is 7.95. The highest BCUT2D eigenvalue weighted by Gasteiger charge is 2.11. The van der Waals surface area contributed by atoms with E-state index < -0.39 is 5.82 Å². The van der Waals surface area contributed by atoms with Crippen molar-refractivity contribution < 1.29 is 9.18 Å². The highest BCUT2D eigenvalue weighted by atomic mass is 32.2. The van der Waals surface area contributed by atoms with E-state index in [1.54, 1.807) is 18.3 Å². The summed E-state index contributed by atoms with van der Waals surface area (Å²) in [6, 6.07) is 14.4. The van der Waals surface area contributed by atoms with E-state index in [-0.39, 0.29) is 17.0 Å². The van der Waals surface area contributed by atoms with Gasteiger partial charge in [-0.05, 0) is 30.3 Å². The third-order valence-electron chi connectivity index (χ3n) is 3.95. The van der Waals surface area contributed by atoms with Crippen LogP contribution in [-0.4, -0.2) is 15.3 Å². The number of anilines is 1. The zero-order valence-electron chi connectivity index (χ0n) is 14.5. The number of thioether (sulfide) groups is 1. The maximum Gasteiger partial charge on any atom is 0.258 e. The molecule has 140 valence electrons. The van der Waals surface area contributed by atoms with E-state index in [4.69, 9.17) is 0 Å². The summed E-state index contributed by atoms with van der Waals surface area (Å²) in [5.41, 5.74) is 1.42. The normalized spacial score (nSPS) is 10.9. The standard InChI is InChI=1S/C20H14FN3O2S2/c21-14-5-3-4-13(10-14)19(26)23-16-6-1-2-7-17(16)28-12-15-11-18(25)24-8-9-27-20(24)22-15/h1-11H,12H2,(H,23,26). The number of hydrogen-bond acceptors (Lipinski definition) is 5.